The van der Waals surface area contributed by atoms with Gasteiger partial charge in [-0.1, -0.05) is 19.6 Å². The molecule has 1 rings (SSSR count). The second-order valence-electron chi connectivity index (χ2n) is 6.54. The van der Waals surface area contributed by atoms with Crippen molar-refractivity contribution in [3.05, 3.63) is 0 Å². The summed E-state index contributed by atoms with van der Waals surface area (Å²) in [6, 6.07) is 2.96. The second-order valence-corrected chi connectivity index (χ2v) is 12.2. The van der Waals surface area contributed by atoms with Crippen LogP contribution in [0.2, 0.25) is 25.7 Å². The van der Waals surface area contributed by atoms with E-state index >= 15 is 0 Å². The third kappa shape index (κ3) is 5.63. The quantitative estimate of drug-likeness (QED) is 0.774. The molecule has 1 aliphatic rings. The Morgan fingerprint density at radius 2 is 1.95 bits per heavy atom. The number of piperidine rings is 1. The standard InChI is InChI=1S/C13H23N3O4Si/c1-21(2,3)9-8-20-11(17)15-13(10-14)4-6-16(7-5-13)12(18)19/h4-9H2,1-3H3,(H,15,17)(H,18,19). The smallest absolute Gasteiger partial charge is 0.408 e. The predicted octanol–water partition coefficient (Wildman–Crippen LogP) is 2.09. The number of amides is 2. The molecule has 0 aromatic carbocycles. The summed E-state index contributed by atoms with van der Waals surface area (Å²) in [5, 5.41) is 20.8. The van der Waals surface area contributed by atoms with Gasteiger partial charge in [0.1, 0.15) is 5.54 Å². The Morgan fingerprint density at radius 3 is 2.38 bits per heavy atom. The Kier molecular flexibility index (Phi) is 5.60. The zero-order chi connectivity index (χ0) is 16.1. The first-order chi connectivity index (χ1) is 9.67. The van der Waals surface area contributed by atoms with Gasteiger partial charge in [-0.2, -0.15) is 5.26 Å². The van der Waals surface area contributed by atoms with Crippen molar-refractivity contribution in [3.8, 4) is 6.07 Å². The molecule has 21 heavy (non-hydrogen) atoms. The zero-order valence-electron chi connectivity index (χ0n) is 12.8. The third-order valence-corrected chi connectivity index (χ3v) is 5.23. The van der Waals surface area contributed by atoms with Gasteiger partial charge in [-0.25, -0.2) is 9.59 Å². The molecule has 1 aliphatic heterocycles. The molecule has 0 spiro atoms. The number of alkyl carbamates (subject to hydrolysis) is 1. The van der Waals surface area contributed by atoms with Gasteiger partial charge in [0.15, 0.2) is 0 Å². The molecule has 118 valence electrons. The first kappa shape index (κ1) is 17.3. The Morgan fingerprint density at radius 1 is 1.38 bits per heavy atom. The summed E-state index contributed by atoms with van der Waals surface area (Å²) in [5.41, 5.74) is -1.03. The van der Waals surface area contributed by atoms with Gasteiger partial charge in [-0.15, -0.1) is 0 Å². The highest BCUT2D eigenvalue weighted by Gasteiger charge is 2.38. The van der Waals surface area contributed by atoms with Crippen molar-refractivity contribution in [2.24, 2.45) is 0 Å². The Balaban J connectivity index is 2.46. The van der Waals surface area contributed by atoms with E-state index in [9.17, 15) is 14.9 Å². The maximum atomic E-state index is 11.8. The summed E-state index contributed by atoms with van der Waals surface area (Å²) in [6.45, 7) is 7.38. The van der Waals surface area contributed by atoms with E-state index in [0.717, 1.165) is 6.04 Å². The van der Waals surface area contributed by atoms with Crippen LogP contribution in [0.5, 0.6) is 0 Å². The lowest BCUT2D eigenvalue weighted by Gasteiger charge is -2.36. The summed E-state index contributed by atoms with van der Waals surface area (Å²) < 4.78 is 5.13. The fraction of sp³-hybridized carbons (Fsp3) is 0.769. The predicted molar refractivity (Wildman–Crippen MR) is 79.8 cm³/mol. The van der Waals surface area contributed by atoms with Gasteiger partial charge in [0.2, 0.25) is 0 Å². The average Bonchev–Trinajstić information content (AvgIpc) is 2.37. The Hall–Kier alpha value is -1.75. The summed E-state index contributed by atoms with van der Waals surface area (Å²) in [7, 11) is -1.27. The molecule has 0 aliphatic carbocycles. The monoisotopic (exact) mass is 313 g/mol. The summed E-state index contributed by atoms with van der Waals surface area (Å²) in [5.74, 6) is 0. The average molecular weight is 313 g/mol. The maximum Gasteiger partial charge on any atom is 0.408 e. The number of nitriles is 1. The van der Waals surface area contributed by atoms with E-state index in [1.165, 1.54) is 4.90 Å². The number of nitrogens with zero attached hydrogens (tertiary/aromatic N) is 2. The largest absolute Gasteiger partial charge is 0.465 e. The highest BCUT2D eigenvalue weighted by atomic mass is 28.3. The third-order valence-electron chi connectivity index (χ3n) is 3.53. The second kappa shape index (κ2) is 6.80. The normalized spacial score (nSPS) is 17.7. The molecule has 0 unspecified atom stereocenters. The van der Waals surface area contributed by atoms with Gasteiger partial charge in [0, 0.05) is 34.0 Å². The highest BCUT2D eigenvalue weighted by Crippen LogP contribution is 2.22. The van der Waals surface area contributed by atoms with E-state index < -0.39 is 25.8 Å². The molecular formula is C13H23N3O4Si. The number of likely N-dealkylation sites (tertiary alicyclic amines) is 1. The lowest BCUT2D eigenvalue weighted by Crippen LogP contribution is -2.55. The lowest BCUT2D eigenvalue weighted by atomic mass is 9.89. The molecule has 8 heteroatoms. The molecule has 2 N–H and O–H groups in total. The number of carboxylic acid groups (broad SMARTS) is 1. The van der Waals surface area contributed by atoms with Crippen LogP contribution in [0.1, 0.15) is 12.8 Å². The van der Waals surface area contributed by atoms with Gasteiger partial charge < -0.3 is 20.1 Å². The molecule has 0 aromatic rings. The van der Waals surface area contributed by atoms with E-state index in [1.54, 1.807) is 0 Å². The van der Waals surface area contributed by atoms with Crippen LogP contribution in [-0.2, 0) is 4.74 Å². The minimum absolute atomic E-state index is 0.234. The van der Waals surface area contributed by atoms with Crippen molar-refractivity contribution in [2.75, 3.05) is 19.7 Å². The summed E-state index contributed by atoms with van der Waals surface area (Å²) in [4.78, 5) is 23.9. The first-order valence-corrected chi connectivity index (χ1v) is 10.7. The molecule has 0 radical (unpaired) electrons. The van der Waals surface area contributed by atoms with E-state index in [0.29, 0.717) is 6.61 Å². The van der Waals surface area contributed by atoms with Crippen LogP contribution in [0, 0.1) is 11.3 Å². The van der Waals surface area contributed by atoms with Crippen LogP contribution in [0.25, 0.3) is 0 Å². The fourth-order valence-electron chi connectivity index (χ4n) is 2.03. The number of nitrogens with one attached hydrogen (secondary N) is 1. The fourth-order valence-corrected chi connectivity index (χ4v) is 2.74. The molecule has 0 atom stereocenters. The highest BCUT2D eigenvalue weighted by molar-refractivity contribution is 6.76. The topological polar surface area (TPSA) is 103 Å². The van der Waals surface area contributed by atoms with Crippen molar-refractivity contribution in [3.63, 3.8) is 0 Å². The van der Waals surface area contributed by atoms with Crippen LogP contribution < -0.4 is 5.32 Å². The molecule has 0 bridgehead atoms. The Bertz CT molecular complexity index is 434. The number of ether oxygens (including phenoxy) is 1. The molecule has 1 fully saturated rings. The lowest BCUT2D eigenvalue weighted by molar-refractivity contribution is 0.110. The molecule has 1 saturated heterocycles. The summed E-state index contributed by atoms with van der Waals surface area (Å²) in [6.07, 6.45) is -1.05. The molecular weight excluding hydrogens is 290 g/mol. The number of hydrogen-bond donors (Lipinski definition) is 2. The first-order valence-electron chi connectivity index (χ1n) is 7.01. The van der Waals surface area contributed by atoms with Crippen molar-refractivity contribution in [2.45, 2.75) is 44.1 Å². The Labute approximate surface area is 125 Å². The van der Waals surface area contributed by atoms with Crippen molar-refractivity contribution >= 4 is 20.3 Å². The van der Waals surface area contributed by atoms with Crippen LogP contribution in [0.15, 0.2) is 0 Å². The summed E-state index contributed by atoms with van der Waals surface area (Å²) >= 11 is 0. The zero-order valence-corrected chi connectivity index (χ0v) is 13.8. The molecule has 7 nitrogen and oxygen atoms in total. The van der Waals surface area contributed by atoms with E-state index in [2.05, 4.69) is 31.0 Å². The molecule has 0 aromatic heterocycles. The number of carbonyl (C=O) groups excluding carboxylic acids is 1. The van der Waals surface area contributed by atoms with E-state index in [1.807, 2.05) is 0 Å². The number of carbonyl (C=O) groups is 2. The van der Waals surface area contributed by atoms with Gasteiger partial charge in [0.05, 0.1) is 12.7 Å². The SMILES string of the molecule is C[Si](C)(C)CCOC(=O)NC1(C#N)CCN(C(=O)O)CC1. The van der Waals surface area contributed by atoms with Gasteiger partial charge >= 0.3 is 12.2 Å². The minimum atomic E-state index is -1.27. The molecule has 1 heterocycles. The van der Waals surface area contributed by atoms with E-state index in [4.69, 9.17) is 9.84 Å². The number of hydrogen-bond acceptors (Lipinski definition) is 4. The van der Waals surface area contributed by atoms with Crippen molar-refractivity contribution in [1.29, 1.82) is 5.26 Å². The van der Waals surface area contributed by atoms with Crippen molar-refractivity contribution < 1.29 is 19.4 Å². The van der Waals surface area contributed by atoms with Crippen LogP contribution in [0.4, 0.5) is 9.59 Å². The van der Waals surface area contributed by atoms with Gasteiger partial charge in [-0.3, -0.25) is 0 Å². The maximum absolute atomic E-state index is 11.8. The van der Waals surface area contributed by atoms with Crippen molar-refractivity contribution in [1.82, 2.24) is 10.2 Å². The number of rotatable bonds is 4. The van der Waals surface area contributed by atoms with Crippen LogP contribution in [0.3, 0.4) is 0 Å². The van der Waals surface area contributed by atoms with E-state index in [-0.39, 0.29) is 25.9 Å². The van der Waals surface area contributed by atoms with Crippen LogP contribution >= 0.6 is 0 Å². The molecule has 2 amide bonds. The molecule has 0 saturated carbocycles. The minimum Gasteiger partial charge on any atom is -0.465 e. The van der Waals surface area contributed by atoms with Crippen LogP contribution in [-0.4, -0.2) is 55.5 Å². The van der Waals surface area contributed by atoms with Gasteiger partial charge in [0.25, 0.3) is 0 Å². The van der Waals surface area contributed by atoms with Gasteiger partial charge in [-0.05, 0) is 6.04 Å².